The molecular weight excluding hydrogens is 283 g/mol. The summed E-state index contributed by atoms with van der Waals surface area (Å²) >= 11 is 0. The molecule has 110 valence electrons. The van der Waals surface area contributed by atoms with E-state index < -0.39 is 12.0 Å². The molecule has 0 aliphatic heterocycles. The predicted molar refractivity (Wildman–Crippen MR) is 71.5 cm³/mol. The maximum atomic E-state index is 13.2. The molecule has 5 nitrogen and oxygen atoms in total. The molecule has 8 heteroatoms. The molecule has 3 aromatic rings. The molecule has 0 unspecified atom stereocenters. The average Bonchev–Trinajstić information content (AvgIpc) is 2.94. The highest BCUT2D eigenvalue weighted by atomic mass is 19.4. The summed E-state index contributed by atoms with van der Waals surface area (Å²) < 4.78 is 42.2. The van der Waals surface area contributed by atoms with Gasteiger partial charge < -0.3 is 10.3 Å². The fraction of sp³-hybridized carbons (Fsp3) is 0.231. The van der Waals surface area contributed by atoms with E-state index in [2.05, 4.69) is 10.1 Å². The van der Waals surface area contributed by atoms with Crippen molar-refractivity contribution in [3.05, 3.63) is 42.0 Å². The highest BCUT2D eigenvalue weighted by Gasteiger charge is 2.37. The number of aromatic nitrogens is 4. The Morgan fingerprint density at radius 1 is 1.24 bits per heavy atom. The minimum Gasteiger partial charge on any atom is -0.399 e. The van der Waals surface area contributed by atoms with Crippen molar-refractivity contribution in [3.63, 3.8) is 0 Å². The average molecular weight is 295 g/mol. The molecule has 0 spiro atoms. The van der Waals surface area contributed by atoms with Gasteiger partial charge in [0.1, 0.15) is 0 Å². The molecule has 1 aromatic carbocycles. The van der Waals surface area contributed by atoms with Crippen LogP contribution in [0.2, 0.25) is 0 Å². The maximum Gasteiger partial charge on any atom is 0.449 e. The molecule has 0 atom stereocenters. The normalized spacial score (nSPS) is 12.2. The van der Waals surface area contributed by atoms with E-state index in [1.807, 2.05) is 0 Å². The van der Waals surface area contributed by atoms with Crippen LogP contribution in [0, 0.1) is 0 Å². The van der Waals surface area contributed by atoms with Crippen molar-refractivity contribution in [1.82, 2.24) is 19.3 Å². The first kappa shape index (κ1) is 13.5. The number of nitrogen functional groups attached to an aromatic ring is 1. The summed E-state index contributed by atoms with van der Waals surface area (Å²) in [6.45, 7) is 0.0335. The smallest absolute Gasteiger partial charge is 0.399 e. The third-order valence-corrected chi connectivity index (χ3v) is 3.27. The Kier molecular flexibility index (Phi) is 2.89. The Bertz CT molecular complexity index is 800. The van der Waals surface area contributed by atoms with Gasteiger partial charge in [-0.15, -0.1) is 0 Å². The number of fused-ring (bicyclic) bond motifs is 1. The zero-order valence-electron chi connectivity index (χ0n) is 11.1. The maximum absolute atomic E-state index is 13.2. The molecular formula is C13H12F3N5. The molecule has 0 aliphatic carbocycles. The van der Waals surface area contributed by atoms with E-state index in [1.54, 1.807) is 31.4 Å². The van der Waals surface area contributed by atoms with Crippen molar-refractivity contribution in [3.8, 4) is 0 Å². The lowest BCUT2D eigenvalue weighted by molar-refractivity contribution is -0.146. The number of imidazole rings is 1. The molecule has 0 amide bonds. The number of hydrogen-bond donors (Lipinski definition) is 1. The lowest BCUT2D eigenvalue weighted by Gasteiger charge is -2.11. The summed E-state index contributed by atoms with van der Waals surface area (Å²) in [7, 11) is 1.68. The van der Waals surface area contributed by atoms with Gasteiger partial charge in [-0.25, -0.2) is 4.98 Å². The molecule has 21 heavy (non-hydrogen) atoms. The molecule has 3 rings (SSSR count). The molecule has 0 bridgehead atoms. The minimum absolute atomic E-state index is 0.0335. The van der Waals surface area contributed by atoms with E-state index in [0.29, 0.717) is 16.9 Å². The third-order valence-electron chi connectivity index (χ3n) is 3.27. The van der Waals surface area contributed by atoms with Crippen molar-refractivity contribution in [2.45, 2.75) is 12.7 Å². The van der Waals surface area contributed by atoms with E-state index in [1.165, 1.54) is 10.7 Å². The quantitative estimate of drug-likeness (QED) is 0.739. The largest absolute Gasteiger partial charge is 0.449 e. The van der Waals surface area contributed by atoms with E-state index in [0.717, 1.165) is 4.57 Å². The second-order valence-corrected chi connectivity index (χ2v) is 4.71. The van der Waals surface area contributed by atoms with Crippen LogP contribution in [0.25, 0.3) is 11.0 Å². The van der Waals surface area contributed by atoms with E-state index in [9.17, 15) is 13.2 Å². The third kappa shape index (κ3) is 2.32. The van der Waals surface area contributed by atoms with Gasteiger partial charge in [0.2, 0.25) is 5.82 Å². The number of rotatable bonds is 2. The summed E-state index contributed by atoms with van der Waals surface area (Å²) in [5.41, 5.74) is 7.25. The number of halogens is 3. The van der Waals surface area contributed by atoms with Crippen molar-refractivity contribution in [1.29, 1.82) is 0 Å². The van der Waals surface area contributed by atoms with E-state index in [-0.39, 0.29) is 12.1 Å². The summed E-state index contributed by atoms with van der Waals surface area (Å²) in [5, 5.41) is 3.96. The molecule has 0 radical (unpaired) electrons. The zero-order valence-corrected chi connectivity index (χ0v) is 11.1. The molecule has 0 fully saturated rings. The number of benzene rings is 1. The lowest BCUT2D eigenvalue weighted by Crippen LogP contribution is -2.16. The predicted octanol–water partition coefficient (Wildman–Crippen LogP) is 2.42. The standard InChI is InChI=1S/C13H12F3N5/c1-20-9(4-5-18-20)7-21-11-3-2-8(17)6-10(11)19-12(21)13(14,15)16/h2-6H,7,17H2,1H3. The van der Waals surface area contributed by atoms with Crippen LogP contribution in [0.1, 0.15) is 11.5 Å². The number of alkyl halides is 3. The van der Waals surface area contributed by atoms with Crippen LogP contribution >= 0.6 is 0 Å². The van der Waals surface area contributed by atoms with Crippen LogP contribution in [0.4, 0.5) is 18.9 Å². The van der Waals surface area contributed by atoms with Crippen molar-refractivity contribution < 1.29 is 13.2 Å². The Labute approximate surface area is 117 Å². The number of nitrogens with zero attached hydrogens (tertiary/aromatic N) is 4. The van der Waals surface area contributed by atoms with E-state index in [4.69, 9.17) is 5.73 Å². The molecule has 0 aliphatic rings. The number of aryl methyl sites for hydroxylation is 1. The highest BCUT2D eigenvalue weighted by molar-refractivity contribution is 5.79. The Balaban J connectivity index is 2.20. The van der Waals surface area contributed by atoms with Gasteiger partial charge in [-0.1, -0.05) is 0 Å². The van der Waals surface area contributed by atoms with Crippen molar-refractivity contribution >= 4 is 16.7 Å². The van der Waals surface area contributed by atoms with Crippen LogP contribution in [0.15, 0.2) is 30.5 Å². The van der Waals surface area contributed by atoms with Gasteiger partial charge in [0.25, 0.3) is 0 Å². The Morgan fingerprint density at radius 3 is 2.62 bits per heavy atom. The molecule has 0 saturated heterocycles. The highest BCUT2D eigenvalue weighted by Crippen LogP contribution is 2.32. The molecule has 2 aromatic heterocycles. The molecule has 2 N–H and O–H groups in total. The first-order valence-corrected chi connectivity index (χ1v) is 6.16. The Morgan fingerprint density at radius 2 is 2.00 bits per heavy atom. The van der Waals surface area contributed by atoms with Crippen LogP contribution in [0.3, 0.4) is 0 Å². The van der Waals surface area contributed by atoms with Gasteiger partial charge in [0.15, 0.2) is 0 Å². The van der Waals surface area contributed by atoms with E-state index >= 15 is 0 Å². The lowest BCUT2D eigenvalue weighted by atomic mass is 10.3. The summed E-state index contributed by atoms with van der Waals surface area (Å²) in [6, 6.07) is 6.21. The number of anilines is 1. The van der Waals surface area contributed by atoms with Crippen LogP contribution in [-0.4, -0.2) is 19.3 Å². The first-order valence-electron chi connectivity index (χ1n) is 6.16. The fourth-order valence-corrected chi connectivity index (χ4v) is 2.24. The first-order chi connectivity index (χ1) is 9.86. The van der Waals surface area contributed by atoms with Crippen LogP contribution in [-0.2, 0) is 19.8 Å². The second kappa shape index (κ2) is 4.51. The van der Waals surface area contributed by atoms with Gasteiger partial charge in [-0.3, -0.25) is 4.68 Å². The zero-order chi connectivity index (χ0) is 15.2. The minimum atomic E-state index is -4.54. The fourth-order valence-electron chi connectivity index (χ4n) is 2.24. The summed E-state index contributed by atoms with van der Waals surface area (Å²) in [5.74, 6) is -0.940. The SMILES string of the molecule is Cn1nccc1Cn1c(C(F)(F)F)nc2cc(N)ccc21. The summed E-state index contributed by atoms with van der Waals surface area (Å²) in [4.78, 5) is 3.68. The number of hydrogen-bond acceptors (Lipinski definition) is 3. The molecule has 2 heterocycles. The number of nitrogens with two attached hydrogens (primary N) is 1. The van der Waals surface area contributed by atoms with Gasteiger partial charge >= 0.3 is 6.18 Å². The van der Waals surface area contributed by atoms with Gasteiger partial charge in [0, 0.05) is 18.9 Å². The van der Waals surface area contributed by atoms with Gasteiger partial charge in [-0.05, 0) is 24.3 Å². The van der Waals surface area contributed by atoms with Crippen molar-refractivity contribution in [2.75, 3.05) is 5.73 Å². The molecule has 0 saturated carbocycles. The van der Waals surface area contributed by atoms with Crippen molar-refractivity contribution in [2.24, 2.45) is 7.05 Å². The topological polar surface area (TPSA) is 61.7 Å². The summed E-state index contributed by atoms with van der Waals surface area (Å²) in [6.07, 6.45) is -2.99. The van der Waals surface area contributed by atoms with Gasteiger partial charge in [0.05, 0.1) is 23.3 Å². The van der Waals surface area contributed by atoms with Crippen LogP contribution in [0.5, 0.6) is 0 Å². The monoisotopic (exact) mass is 295 g/mol. The van der Waals surface area contributed by atoms with Gasteiger partial charge in [-0.2, -0.15) is 18.3 Å². The van der Waals surface area contributed by atoms with Crippen LogP contribution < -0.4 is 5.73 Å². The second-order valence-electron chi connectivity index (χ2n) is 4.71. The Hall–Kier alpha value is -2.51.